The minimum absolute atomic E-state index is 0.0625. The highest BCUT2D eigenvalue weighted by molar-refractivity contribution is 6.37. The predicted octanol–water partition coefficient (Wildman–Crippen LogP) is 3.91. The first kappa shape index (κ1) is 18.9. The van der Waals surface area contributed by atoms with Crippen LogP contribution in [0.3, 0.4) is 0 Å². The van der Waals surface area contributed by atoms with Crippen molar-refractivity contribution in [2.75, 3.05) is 12.8 Å². The first-order valence-corrected chi connectivity index (χ1v) is 8.79. The van der Waals surface area contributed by atoms with Crippen LogP contribution in [0.2, 0.25) is 10.0 Å². The molecule has 0 radical (unpaired) electrons. The van der Waals surface area contributed by atoms with Gasteiger partial charge in [0.1, 0.15) is 0 Å². The topological polar surface area (TPSA) is 72.6 Å². The number of nitrogens with two attached hydrogens (primary N) is 1. The van der Waals surface area contributed by atoms with E-state index in [2.05, 4.69) is 0 Å². The number of benzene rings is 1. The van der Waals surface area contributed by atoms with Crippen molar-refractivity contribution in [3.8, 4) is 0 Å². The van der Waals surface area contributed by atoms with Crippen molar-refractivity contribution in [1.29, 1.82) is 0 Å². The van der Waals surface area contributed by atoms with E-state index in [0.717, 1.165) is 25.7 Å². The van der Waals surface area contributed by atoms with Gasteiger partial charge < -0.3 is 15.4 Å². The summed E-state index contributed by atoms with van der Waals surface area (Å²) in [5, 5.41) is 0.451. The Bertz CT molecular complexity index is 631. The molecule has 1 aliphatic carbocycles. The number of halogens is 2. The number of esters is 1. The van der Waals surface area contributed by atoms with Crippen LogP contribution in [-0.2, 0) is 9.53 Å². The van der Waals surface area contributed by atoms with Crippen molar-refractivity contribution in [3.63, 3.8) is 0 Å². The van der Waals surface area contributed by atoms with Crippen LogP contribution in [0.4, 0.5) is 5.69 Å². The fourth-order valence-electron chi connectivity index (χ4n) is 2.96. The lowest BCUT2D eigenvalue weighted by Crippen LogP contribution is -2.44. The summed E-state index contributed by atoms with van der Waals surface area (Å²) in [4.78, 5) is 26.5. The molecule has 1 aromatic rings. The lowest BCUT2D eigenvalue weighted by atomic mass is 9.94. The van der Waals surface area contributed by atoms with Gasteiger partial charge in [-0.15, -0.1) is 0 Å². The molecule has 24 heavy (non-hydrogen) atoms. The molecule has 1 aromatic carbocycles. The number of anilines is 1. The molecule has 1 aliphatic rings. The molecule has 5 nitrogen and oxygen atoms in total. The molecule has 0 spiro atoms. The second-order valence-corrected chi connectivity index (χ2v) is 6.98. The van der Waals surface area contributed by atoms with E-state index in [-0.39, 0.29) is 33.2 Å². The molecule has 7 heteroatoms. The summed E-state index contributed by atoms with van der Waals surface area (Å²) in [6, 6.07) is 3.03. The number of amides is 1. The van der Waals surface area contributed by atoms with Gasteiger partial charge in [-0.05, 0) is 31.9 Å². The number of likely N-dealkylation sites (N-methyl/N-ethyl adjacent to an activating group) is 1. The monoisotopic (exact) mass is 372 g/mol. The molecule has 132 valence electrons. The quantitative estimate of drug-likeness (QED) is 0.642. The van der Waals surface area contributed by atoms with Gasteiger partial charge >= 0.3 is 5.97 Å². The molecule has 0 aliphatic heterocycles. The molecule has 1 fully saturated rings. The Morgan fingerprint density at radius 3 is 2.50 bits per heavy atom. The van der Waals surface area contributed by atoms with Gasteiger partial charge in [0.2, 0.25) is 0 Å². The maximum absolute atomic E-state index is 12.5. The van der Waals surface area contributed by atoms with Crippen LogP contribution < -0.4 is 5.73 Å². The molecular weight excluding hydrogens is 351 g/mol. The van der Waals surface area contributed by atoms with E-state index in [1.54, 1.807) is 18.9 Å². The van der Waals surface area contributed by atoms with Gasteiger partial charge in [0.05, 0.1) is 16.3 Å². The lowest BCUT2D eigenvalue weighted by Gasteiger charge is -2.32. The number of hydrogen-bond acceptors (Lipinski definition) is 4. The van der Waals surface area contributed by atoms with Gasteiger partial charge in [0.25, 0.3) is 5.91 Å². The highest BCUT2D eigenvalue weighted by Gasteiger charge is 2.28. The molecule has 1 saturated carbocycles. The largest absolute Gasteiger partial charge is 0.449 e. The molecule has 0 unspecified atom stereocenters. The van der Waals surface area contributed by atoms with E-state index < -0.39 is 12.1 Å². The van der Waals surface area contributed by atoms with E-state index >= 15 is 0 Å². The summed E-state index contributed by atoms with van der Waals surface area (Å²) in [6.45, 7) is 1.56. The van der Waals surface area contributed by atoms with Crippen LogP contribution in [-0.4, -0.2) is 36.0 Å². The third kappa shape index (κ3) is 4.33. The third-order valence-corrected chi connectivity index (χ3v) is 4.95. The van der Waals surface area contributed by atoms with Gasteiger partial charge in [-0.25, -0.2) is 4.79 Å². The van der Waals surface area contributed by atoms with Crippen molar-refractivity contribution >= 4 is 40.8 Å². The van der Waals surface area contributed by atoms with Crippen LogP contribution in [0.25, 0.3) is 0 Å². The average Bonchev–Trinajstić information content (AvgIpc) is 2.57. The van der Waals surface area contributed by atoms with E-state index in [1.807, 2.05) is 0 Å². The van der Waals surface area contributed by atoms with Gasteiger partial charge in [0, 0.05) is 18.1 Å². The molecule has 0 aromatic heterocycles. The fraction of sp³-hybridized carbons (Fsp3) is 0.529. The molecule has 1 amide bonds. The minimum atomic E-state index is -0.901. The Balaban J connectivity index is 2.04. The number of carbonyl (C=O) groups is 2. The summed E-state index contributed by atoms with van der Waals surface area (Å²) >= 11 is 11.8. The lowest BCUT2D eigenvalue weighted by molar-refractivity contribution is -0.141. The molecule has 2 N–H and O–H groups in total. The van der Waals surface area contributed by atoms with Gasteiger partial charge in [0.15, 0.2) is 6.10 Å². The zero-order valence-corrected chi connectivity index (χ0v) is 15.4. The molecule has 0 saturated heterocycles. The van der Waals surface area contributed by atoms with Crippen molar-refractivity contribution < 1.29 is 14.3 Å². The van der Waals surface area contributed by atoms with E-state index in [4.69, 9.17) is 33.7 Å². The van der Waals surface area contributed by atoms with Crippen molar-refractivity contribution in [2.24, 2.45) is 0 Å². The predicted molar refractivity (Wildman–Crippen MR) is 95.4 cm³/mol. The average molecular weight is 373 g/mol. The Labute approximate surface area is 152 Å². The van der Waals surface area contributed by atoms with E-state index in [1.165, 1.54) is 18.6 Å². The summed E-state index contributed by atoms with van der Waals surface area (Å²) in [7, 11) is 1.76. The van der Waals surface area contributed by atoms with Crippen LogP contribution in [0.15, 0.2) is 12.1 Å². The molecule has 0 heterocycles. The van der Waals surface area contributed by atoms with E-state index in [0.29, 0.717) is 0 Å². The van der Waals surface area contributed by atoms with Crippen molar-refractivity contribution in [1.82, 2.24) is 4.90 Å². The van der Waals surface area contributed by atoms with Gasteiger partial charge in [-0.2, -0.15) is 0 Å². The summed E-state index contributed by atoms with van der Waals surface area (Å²) in [5.74, 6) is -0.934. The number of hydrogen-bond donors (Lipinski definition) is 1. The maximum atomic E-state index is 12.5. The van der Waals surface area contributed by atoms with Gasteiger partial charge in [-0.3, -0.25) is 4.79 Å². The van der Waals surface area contributed by atoms with Gasteiger partial charge in [-0.1, -0.05) is 42.5 Å². The maximum Gasteiger partial charge on any atom is 0.341 e. The zero-order chi connectivity index (χ0) is 17.9. The Hall–Kier alpha value is -1.46. The standard InChI is InChI=1S/C17H22Cl2N2O3/c1-10(16(22)21(2)12-6-4-3-5-7-12)24-17(23)13-8-11(18)9-14(19)15(13)20/h8-10,12H,3-7,20H2,1-2H3/t10-/m0/s1. The normalized spacial score (nSPS) is 16.5. The number of carbonyl (C=O) groups excluding carboxylic acids is 2. The minimum Gasteiger partial charge on any atom is -0.449 e. The van der Waals surface area contributed by atoms with Crippen molar-refractivity contribution in [3.05, 3.63) is 27.7 Å². The molecule has 2 rings (SSSR count). The number of rotatable bonds is 4. The summed E-state index contributed by atoms with van der Waals surface area (Å²) in [6.07, 6.45) is 4.51. The van der Waals surface area contributed by atoms with Crippen LogP contribution in [0, 0.1) is 0 Å². The first-order valence-electron chi connectivity index (χ1n) is 8.03. The number of nitrogen functional groups attached to an aromatic ring is 1. The highest BCUT2D eigenvalue weighted by Crippen LogP contribution is 2.28. The molecular formula is C17H22Cl2N2O3. The highest BCUT2D eigenvalue weighted by atomic mass is 35.5. The summed E-state index contributed by atoms with van der Waals surface area (Å²) in [5.41, 5.74) is 5.95. The Morgan fingerprint density at radius 2 is 1.88 bits per heavy atom. The molecule has 0 bridgehead atoms. The second kappa shape index (κ2) is 8.08. The Kier molecular flexibility index (Phi) is 6.35. The Morgan fingerprint density at radius 1 is 1.25 bits per heavy atom. The SMILES string of the molecule is C[C@H](OC(=O)c1cc(Cl)cc(Cl)c1N)C(=O)N(C)C1CCCCC1. The third-order valence-electron chi connectivity index (χ3n) is 4.42. The number of nitrogens with zero attached hydrogens (tertiary/aromatic N) is 1. The van der Waals surface area contributed by atoms with Crippen molar-refractivity contribution in [2.45, 2.75) is 51.2 Å². The van der Waals surface area contributed by atoms with E-state index in [9.17, 15) is 9.59 Å². The van der Waals surface area contributed by atoms with Crippen LogP contribution in [0.1, 0.15) is 49.4 Å². The fourth-order valence-corrected chi connectivity index (χ4v) is 3.46. The summed E-state index contributed by atoms with van der Waals surface area (Å²) < 4.78 is 5.27. The second-order valence-electron chi connectivity index (χ2n) is 6.14. The first-order chi connectivity index (χ1) is 11.3. The van der Waals surface area contributed by atoms with Crippen LogP contribution >= 0.6 is 23.2 Å². The molecule has 1 atom stereocenters. The number of ether oxygens (including phenoxy) is 1. The zero-order valence-electron chi connectivity index (χ0n) is 13.9. The smallest absolute Gasteiger partial charge is 0.341 e. The van der Waals surface area contributed by atoms with Crippen LogP contribution in [0.5, 0.6) is 0 Å².